The summed E-state index contributed by atoms with van der Waals surface area (Å²) in [6, 6.07) is 7.00. The van der Waals surface area contributed by atoms with Gasteiger partial charge in [-0.15, -0.1) is 0 Å². The number of carbonyl (C=O) groups is 2. The summed E-state index contributed by atoms with van der Waals surface area (Å²) in [5, 5.41) is 0. The number of benzene rings is 1. The van der Waals surface area contributed by atoms with E-state index in [2.05, 4.69) is 0 Å². The number of nitrogens with two attached hydrogens (primary N) is 1. The van der Waals surface area contributed by atoms with Crippen molar-refractivity contribution in [2.45, 2.75) is 19.8 Å². The predicted molar refractivity (Wildman–Crippen MR) is 81.0 cm³/mol. The first-order valence-corrected chi connectivity index (χ1v) is 7.38. The molecule has 21 heavy (non-hydrogen) atoms. The molecule has 1 aromatic carbocycles. The minimum atomic E-state index is -0.154. The predicted octanol–water partition coefficient (Wildman–Crippen LogP) is 1.73. The van der Waals surface area contributed by atoms with Gasteiger partial charge in [-0.25, -0.2) is 0 Å². The van der Waals surface area contributed by atoms with Gasteiger partial charge in [-0.05, 0) is 38.4 Å². The first kappa shape index (κ1) is 15.5. The summed E-state index contributed by atoms with van der Waals surface area (Å²) in [6.45, 7) is 3.95. The van der Waals surface area contributed by atoms with Gasteiger partial charge in [0.2, 0.25) is 0 Å². The highest BCUT2D eigenvalue weighted by molar-refractivity contribution is 5.98. The topological polar surface area (TPSA) is 72.6 Å². The van der Waals surface area contributed by atoms with Crippen molar-refractivity contribution in [1.29, 1.82) is 0 Å². The van der Waals surface area contributed by atoms with Crippen molar-refractivity contribution in [3.63, 3.8) is 0 Å². The molecule has 0 spiro atoms. The van der Waals surface area contributed by atoms with Crippen molar-refractivity contribution in [1.82, 2.24) is 4.90 Å². The molecule has 1 fully saturated rings. The Morgan fingerprint density at radius 1 is 1.43 bits per heavy atom. The molecule has 0 aromatic heterocycles. The molecule has 2 N–H and O–H groups in total. The van der Waals surface area contributed by atoms with Crippen LogP contribution in [-0.2, 0) is 9.53 Å². The van der Waals surface area contributed by atoms with E-state index in [0.717, 1.165) is 19.4 Å². The highest BCUT2D eigenvalue weighted by atomic mass is 16.5. The zero-order chi connectivity index (χ0) is 15.2. The fourth-order valence-corrected chi connectivity index (χ4v) is 2.66. The van der Waals surface area contributed by atoms with E-state index < -0.39 is 0 Å². The van der Waals surface area contributed by atoms with Crippen LogP contribution in [0.1, 0.15) is 30.1 Å². The number of nitrogen functional groups attached to an aromatic ring is 1. The van der Waals surface area contributed by atoms with E-state index >= 15 is 0 Å². The summed E-state index contributed by atoms with van der Waals surface area (Å²) in [4.78, 5) is 26.1. The Bertz CT molecular complexity index is 516. The van der Waals surface area contributed by atoms with Crippen molar-refractivity contribution in [2.24, 2.45) is 5.92 Å². The molecule has 1 aromatic rings. The molecule has 0 bridgehead atoms. The van der Waals surface area contributed by atoms with Gasteiger partial charge < -0.3 is 10.5 Å². The average Bonchev–Trinajstić information content (AvgIpc) is 2.48. The fourth-order valence-electron chi connectivity index (χ4n) is 2.66. The van der Waals surface area contributed by atoms with E-state index in [1.165, 1.54) is 0 Å². The van der Waals surface area contributed by atoms with Crippen LogP contribution in [-0.4, -0.2) is 42.9 Å². The number of nitrogens with zero attached hydrogens (tertiary/aromatic N) is 1. The quantitative estimate of drug-likeness (QED) is 0.508. The van der Waals surface area contributed by atoms with Gasteiger partial charge in [-0.3, -0.25) is 14.5 Å². The summed E-state index contributed by atoms with van der Waals surface area (Å²) in [7, 11) is 0. The fraction of sp³-hybridized carbons (Fsp3) is 0.500. The summed E-state index contributed by atoms with van der Waals surface area (Å²) < 4.78 is 5.07. The third-order valence-corrected chi connectivity index (χ3v) is 3.70. The van der Waals surface area contributed by atoms with E-state index in [0.29, 0.717) is 30.9 Å². The van der Waals surface area contributed by atoms with E-state index in [1.54, 1.807) is 24.3 Å². The van der Waals surface area contributed by atoms with Gasteiger partial charge in [-0.1, -0.05) is 12.1 Å². The third-order valence-electron chi connectivity index (χ3n) is 3.70. The number of hydrogen-bond acceptors (Lipinski definition) is 5. The van der Waals surface area contributed by atoms with Crippen LogP contribution in [0.4, 0.5) is 5.69 Å². The first-order valence-electron chi connectivity index (χ1n) is 7.38. The lowest BCUT2D eigenvalue weighted by atomic mass is 9.97. The molecule has 1 saturated heterocycles. The van der Waals surface area contributed by atoms with Crippen molar-refractivity contribution < 1.29 is 14.3 Å². The van der Waals surface area contributed by atoms with Crippen molar-refractivity contribution >= 4 is 17.4 Å². The van der Waals surface area contributed by atoms with Gasteiger partial charge in [0.05, 0.1) is 19.1 Å². The Balaban J connectivity index is 1.93. The summed E-state index contributed by atoms with van der Waals surface area (Å²) in [5.74, 6) is -0.238. The van der Waals surface area contributed by atoms with Crippen LogP contribution in [0, 0.1) is 5.92 Å². The van der Waals surface area contributed by atoms with Crippen molar-refractivity contribution in [3.05, 3.63) is 29.8 Å². The van der Waals surface area contributed by atoms with Crippen molar-refractivity contribution in [3.8, 4) is 0 Å². The second-order valence-corrected chi connectivity index (χ2v) is 5.37. The number of rotatable bonds is 5. The van der Waals surface area contributed by atoms with Crippen LogP contribution in [0.5, 0.6) is 0 Å². The zero-order valence-corrected chi connectivity index (χ0v) is 12.4. The second-order valence-electron chi connectivity index (χ2n) is 5.37. The molecule has 5 heteroatoms. The van der Waals surface area contributed by atoms with Gasteiger partial charge in [0.25, 0.3) is 0 Å². The standard InChI is InChI=1S/C16H22N2O3/c1-2-21-16(20)13-6-4-8-18(10-13)11-15(19)12-5-3-7-14(17)9-12/h3,5,7,9,13H,2,4,6,8,10-11,17H2,1H3. The van der Waals surface area contributed by atoms with E-state index in [9.17, 15) is 9.59 Å². The molecule has 5 nitrogen and oxygen atoms in total. The number of esters is 1. The van der Waals surface area contributed by atoms with Crippen LogP contribution in [0.3, 0.4) is 0 Å². The lowest BCUT2D eigenvalue weighted by Gasteiger charge is -2.30. The highest BCUT2D eigenvalue weighted by Gasteiger charge is 2.27. The van der Waals surface area contributed by atoms with Crippen LogP contribution in [0.15, 0.2) is 24.3 Å². The number of hydrogen-bond donors (Lipinski definition) is 1. The first-order chi connectivity index (χ1) is 10.1. The van der Waals surface area contributed by atoms with E-state index in [-0.39, 0.29) is 17.7 Å². The van der Waals surface area contributed by atoms with E-state index in [1.807, 2.05) is 11.8 Å². The smallest absolute Gasteiger partial charge is 0.310 e. The molecule has 1 aliphatic rings. The summed E-state index contributed by atoms with van der Waals surface area (Å²) >= 11 is 0. The molecule has 1 aliphatic heterocycles. The summed E-state index contributed by atoms with van der Waals surface area (Å²) in [6.07, 6.45) is 1.75. The minimum Gasteiger partial charge on any atom is -0.466 e. The SMILES string of the molecule is CCOC(=O)C1CCCN(CC(=O)c2cccc(N)c2)C1. The largest absolute Gasteiger partial charge is 0.466 e. The maximum atomic E-state index is 12.3. The number of likely N-dealkylation sites (tertiary alicyclic amines) is 1. The number of piperidine rings is 1. The number of carbonyl (C=O) groups excluding carboxylic acids is 2. The van der Waals surface area contributed by atoms with Crippen LogP contribution >= 0.6 is 0 Å². The Morgan fingerprint density at radius 2 is 2.24 bits per heavy atom. The monoisotopic (exact) mass is 290 g/mol. The Kier molecular flexibility index (Phi) is 5.33. The molecule has 0 aliphatic carbocycles. The normalized spacial score (nSPS) is 19.2. The highest BCUT2D eigenvalue weighted by Crippen LogP contribution is 2.18. The second kappa shape index (κ2) is 7.22. The molecule has 0 saturated carbocycles. The van der Waals surface area contributed by atoms with Crippen molar-refractivity contribution in [2.75, 3.05) is 32.0 Å². The number of anilines is 1. The number of ether oxygens (including phenoxy) is 1. The van der Waals surface area contributed by atoms with Gasteiger partial charge in [-0.2, -0.15) is 0 Å². The van der Waals surface area contributed by atoms with Crippen LogP contribution in [0.25, 0.3) is 0 Å². The third kappa shape index (κ3) is 4.29. The molecule has 0 amide bonds. The molecule has 1 atom stereocenters. The van der Waals surface area contributed by atoms with Crippen LogP contribution in [0.2, 0.25) is 0 Å². The maximum Gasteiger partial charge on any atom is 0.310 e. The number of Topliss-reactive ketones (excluding diaryl/α,β-unsaturated/α-hetero) is 1. The Morgan fingerprint density at radius 3 is 2.95 bits per heavy atom. The van der Waals surface area contributed by atoms with Gasteiger partial charge >= 0.3 is 5.97 Å². The zero-order valence-electron chi connectivity index (χ0n) is 12.4. The molecule has 0 radical (unpaired) electrons. The molecular weight excluding hydrogens is 268 g/mol. The molecule has 1 unspecified atom stereocenters. The average molecular weight is 290 g/mol. The molecule has 2 rings (SSSR count). The van der Waals surface area contributed by atoms with E-state index in [4.69, 9.17) is 10.5 Å². The van der Waals surface area contributed by atoms with Gasteiger partial charge in [0.1, 0.15) is 0 Å². The number of ketones is 1. The minimum absolute atomic E-state index is 0.0341. The Hall–Kier alpha value is -1.88. The van der Waals surface area contributed by atoms with Crippen LogP contribution < -0.4 is 5.73 Å². The summed E-state index contributed by atoms with van der Waals surface area (Å²) in [5.41, 5.74) is 6.90. The lowest BCUT2D eigenvalue weighted by Crippen LogP contribution is -2.41. The molecule has 1 heterocycles. The Labute approximate surface area is 125 Å². The van der Waals surface area contributed by atoms with Gasteiger partial charge in [0.15, 0.2) is 5.78 Å². The molecular formula is C16H22N2O3. The lowest BCUT2D eigenvalue weighted by molar-refractivity contribution is -0.149. The maximum absolute atomic E-state index is 12.3. The molecule has 114 valence electrons. The van der Waals surface area contributed by atoms with Gasteiger partial charge in [0, 0.05) is 17.8 Å².